The van der Waals surface area contributed by atoms with Crippen LogP contribution in [0.1, 0.15) is 26.2 Å². The molecule has 9 heteroatoms. The van der Waals surface area contributed by atoms with Gasteiger partial charge in [0, 0.05) is 25.3 Å². The second-order valence-electron chi connectivity index (χ2n) is 7.91. The van der Waals surface area contributed by atoms with Crippen LogP contribution in [0.4, 0.5) is 10.1 Å². The average molecular weight is 464 g/mol. The minimum absolute atomic E-state index is 0.178. The van der Waals surface area contributed by atoms with Crippen molar-refractivity contribution in [3.05, 3.63) is 54.3 Å². The number of sulfonamides is 1. The van der Waals surface area contributed by atoms with E-state index in [0.29, 0.717) is 25.3 Å². The first-order valence-corrected chi connectivity index (χ1v) is 12.2. The standard InChI is InChI=1S/C23H30FN3O4S/c1-18(26(2)16-17-31-22-9-5-4-8-21(22)24)23(28)25-19-10-12-20(13-11-19)32(29,30)27-14-6-3-7-15-27/h4-5,8-13,18H,3,6-7,14-17H2,1-2H3,(H,25,28). The molecule has 1 amide bonds. The summed E-state index contributed by atoms with van der Waals surface area (Å²) >= 11 is 0. The first-order chi connectivity index (χ1) is 15.3. The van der Waals surface area contributed by atoms with Crippen LogP contribution >= 0.6 is 0 Å². The van der Waals surface area contributed by atoms with Crippen molar-refractivity contribution in [3.63, 3.8) is 0 Å². The van der Waals surface area contributed by atoms with E-state index in [-0.39, 0.29) is 23.2 Å². The van der Waals surface area contributed by atoms with Gasteiger partial charge in [-0.05, 0) is 63.2 Å². The molecule has 2 aromatic carbocycles. The zero-order chi connectivity index (χ0) is 23.1. The van der Waals surface area contributed by atoms with Crippen LogP contribution in [-0.2, 0) is 14.8 Å². The lowest BCUT2D eigenvalue weighted by atomic mass is 10.2. The Morgan fingerprint density at radius 3 is 2.44 bits per heavy atom. The Morgan fingerprint density at radius 1 is 1.12 bits per heavy atom. The van der Waals surface area contributed by atoms with E-state index in [4.69, 9.17) is 4.74 Å². The summed E-state index contributed by atoms with van der Waals surface area (Å²) in [4.78, 5) is 14.6. The van der Waals surface area contributed by atoms with Crippen molar-refractivity contribution in [2.75, 3.05) is 38.6 Å². The van der Waals surface area contributed by atoms with Gasteiger partial charge >= 0.3 is 0 Å². The SMILES string of the molecule is CC(C(=O)Nc1ccc(S(=O)(=O)N2CCCCC2)cc1)N(C)CCOc1ccccc1F. The van der Waals surface area contributed by atoms with E-state index in [1.165, 1.54) is 22.5 Å². The van der Waals surface area contributed by atoms with Crippen molar-refractivity contribution in [1.29, 1.82) is 0 Å². The van der Waals surface area contributed by atoms with Crippen LogP contribution in [0, 0.1) is 5.82 Å². The predicted molar refractivity (Wildman–Crippen MR) is 122 cm³/mol. The number of para-hydroxylation sites is 1. The normalized spacial score (nSPS) is 16.0. The molecule has 0 radical (unpaired) electrons. The average Bonchev–Trinajstić information content (AvgIpc) is 2.80. The molecule has 174 valence electrons. The molecule has 1 aliphatic heterocycles. The highest BCUT2D eigenvalue weighted by atomic mass is 32.2. The Kier molecular flexibility index (Phi) is 8.22. The smallest absolute Gasteiger partial charge is 0.243 e. The summed E-state index contributed by atoms with van der Waals surface area (Å²) < 4.78 is 46.0. The monoisotopic (exact) mass is 463 g/mol. The number of amides is 1. The van der Waals surface area contributed by atoms with Crippen molar-refractivity contribution in [2.45, 2.75) is 37.1 Å². The van der Waals surface area contributed by atoms with E-state index < -0.39 is 21.9 Å². The van der Waals surface area contributed by atoms with E-state index in [0.717, 1.165) is 19.3 Å². The Labute approximate surface area is 189 Å². The molecule has 3 rings (SSSR count). The van der Waals surface area contributed by atoms with E-state index in [2.05, 4.69) is 5.32 Å². The molecule has 1 saturated heterocycles. The highest BCUT2D eigenvalue weighted by Crippen LogP contribution is 2.22. The summed E-state index contributed by atoms with van der Waals surface area (Å²) in [7, 11) is -1.72. The molecule has 1 atom stereocenters. The third kappa shape index (κ3) is 6.05. The van der Waals surface area contributed by atoms with Crippen LogP contribution in [0.15, 0.2) is 53.4 Å². The third-order valence-corrected chi connectivity index (χ3v) is 7.57. The summed E-state index contributed by atoms with van der Waals surface area (Å²) in [6.45, 7) is 3.51. The molecule has 0 saturated carbocycles. The topological polar surface area (TPSA) is 79.0 Å². The third-order valence-electron chi connectivity index (χ3n) is 5.65. The highest BCUT2D eigenvalue weighted by Gasteiger charge is 2.26. The number of rotatable bonds is 9. The molecule has 1 aliphatic rings. The van der Waals surface area contributed by atoms with E-state index in [1.807, 2.05) is 0 Å². The van der Waals surface area contributed by atoms with E-state index in [1.54, 1.807) is 49.2 Å². The molecule has 7 nitrogen and oxygen atoms in total. The Hall–Kier alpha value is -2.49. The number of hydrogen-bond donors (Lipinski definition) is 1. The zero-order valence-electron chi connectivity index (χ0n) is 18.5. The number of anilines is 1. The molecule has 1 unspecified atom stereocenters. The second-order valence-corrected chi connectivity index (χ2v) is 9.85. The van der Waals surface area contributed by atoms with Crippen molar-refractivity contribution in [2.24, 2.45) is 0 Å². The first-order valence-electron chi connectivity index (χ1n) is 10.8. The highest BCUT2D eigenvalue weighted by molar-refractivity contribution is 7.89. The van der Waals surface area contributed by atoms with Gasteiger partial charge in [-0.15, -0.1) is 0 Å². The zero-order valence-corrected chi connectivity index (χ0v) is 19.3. The maximum absolute atomic E-state index is 13.6. The number of likely N-dealkylation sites (N-methyl/N-ethyl adjacent to an activating group) is 1. The van der Waals surface area contributed by atoms with Gasteiger partial charge in [-0.2, -0.15) is 4.31 Å². The van der Waals surface area contributed by atoms with Gasteiger partial charge in [0.15, 0.2) is 11.6 Å². The number of hydrogen-bond acceptors (Lipinski definition) is 5. The minimum Gasteiger partial charge on any atom is -0.489 e. The fourth-order valence-electron chi connectivity index (χ4n) is 3.47. The minimum atomic E-state index is -3.50. The predicted octanol–water partition coefficient (Wildman–Crippen LogP) is 3.34. The maximum Gasteiger partial charge on any atom is 0.243 e. The second kappa shape index (κ2) is 10.9. The van der Waals surface area contributed by atoms with Crippen molar-refractivity contribution in [3.8, 4) is 5.75 Å². The number of benzene rings is 2. The maximum atomic E-state index is 13.6. The van der Waals surface area contributed by atoms with Crippen molar-refractivity contribution >= 4 is 21.6 Å². The summed E-state index contributed by atoms with van der Waals surface area (Å²) in [5.41, 5.74) is 0.524. The Morgan fingerprint density at radius 2 is 1.78 bits per heavy atom. The molecule has 0 aromatic heterocycles. The molecule has 2 aromatic rings. The number of carbonyl (C=O) groups excluding carboxylic acids is 1. The van der Waals surface area contributed by atoms with Crippen LogP contribution < -0.4 is 10.1 Å². The largest absolute Gasteiger partial charge is 0.489 e. The molecule has 1 heterocycles. The number of nitrogens with zero attached hydrogens (tertiary/aromatic N) is 2. The fraction of sp³-hybridized carbons (Fsp3) is 0.435. The number of halogens is 1. The van der Waals surface area contributed by atoms with Crippen LogP contribution in [0.2, 0.25) is 0 Å². The Bertz CT molecular complexity index is 1010. The van der Waals surface area contributed by atoms with Crippen LogP contribution in [0.5, 0.6) is 5.75 Å². The lowest BCUT2D eigenvalue weighted by molar-refractivity contribution is -0.120. The molecule has 0 spiro atoms. The number of nitrogens with one attached hydrogen (secondary N) is 1. The van der Waals surface area contributed by atoms with Crippen LogP contribution in [-0.4, -0.2) is 62.9 Å². The van der Waals surface area contributed by atoms with Gasteiger partial charge < -0.3 is 10.1 Å². The molecular weight excluding hydrogens is 433 g/mol. The van der Waals surface area contributed by atoms with Gasteiger partial charge in [0.05, 0.1) is 10.9 Å². The van der Waals surface area contributed by atoms with Crippen LogP contribution in [0.3, 0.4) is 0 Å². The number of piperidine rings is 1. The van der Waals surface area contributed by atoms with Crippen molar-refractivity contribution in [1.82, 2.24) is 9.21 Å². The summed E-state index contributed by atoms with van der Waals surface area (Å²) in [5.74, 6) is -0.477. The summed E-state index contributed by atoms with van der Waals surface area (Å²) in [6, 6.07) is 12.0. The molecule has 0 aliphatic carbocycles. The first kappa shape index (κ1) is 24.2. The van der Waals surface area contributed by atoms with E-state index in [9.17, 15) is 17.6 Å². The van der Waals surface area contributed by atoms with Crippen LogP contribution in [0.25, 0.3) is 0 Å². The number of carbonyl (C=O) groups is 1. The molecule has 0 bridgehead atoms. The lowest BCUT2D eigenvalue weighted by Crippen LogP contribution is -2.41. The van der Waals surface area contributed by atoms with E-state index >= 15 is 0 Å². The van der Waals surface area contributed by atoms with Gasteiger partial charge in [0.25, 0.3) is 0 Å². The lowest BCUT2D eigenvalue weighted by Gasteiger charge is -2.26. The molecule has 1 N–H and O–H groups in total. The van der Waals surface area contributed by atoms with Gasteiger partial charge in [0.1, 0.15) is 6.61 Å². The fourth-order valence-corrected chi connectivity index (χ4v) is 4.98. The van der Waals surface area contributed by atoms with Gasteiger partial charge in [-0.3, -0.25) is 9.69 Å². The number of ether oxygens (including phenoxy) is 1. The molecule has 32 heavy (non-hydrogen) atoms. The quantitative estimate of drug-likeness (QED) is 0.617. The summed E-state index contributed by atoms with van der Waals surface area (Å²) in [5, 5.41) is 2.81. The summed E-state index contributed by atoms with van der Waals surface area (Å²) in [6.07, 6.45) is 2.81. The molecule has 1 fully saturated rings. The van der Waals surface area contributed by atoms with Gasteiger partial charge in [0.2, 0.25) is 15.9 Å². The molecular formula is C23H30FN3O4S. The van der Waals surface area contributed by atoms with Gasteiger partial charge in [-0.25, -0.2) is 12.8 Å². The van der Waals surface area contributed by atoms with Crippen molar-refractivity contribution < 1.29 is 22.3 Å². The van der Waals surface area contributed by atoms with Gasteiger partial charge in [-0.1, -0.05) is 18.6 Å². The Balaban J connectivity index is 1.51.